The number of hydrogen-bond acceptors (Lipinski definition) is 4. The number of nitrogens with two attached hydrogens (primary N) is 1. The summed E-state index contributed by atoms with van der Waals surface area (Å²) in [5.41, 5.74) is 4.87. The summed E-state index contributed by atoms with van der Waals surface area (Å²) in [6, 6.07) is 0.0282. The van der Waals surface area contributed by atoms with Gasteiger partial charge >= 0.3 is 0 Å². The van der Waals surface area contributed by atoms with Crippen molar-refractivity contribution >= 4 is 15.9 Å². The van der Waals surface area contributed by atoms with Crippen molar-refractivity contribution in [2.75, 3.05) is 7.11 Å². The number of halogens is 1. The zero-order valence-corrected chi connectivity index (χ0v) is 14.7. The van der Waals surface area contributed by atoms with E-state index in [-0.39, 0.29) is 11.6 Å². The van der Waals surface area contributed by atoms with Crippen LogP contribution in [-0.4, -0.2) is 28.5 Å². The van der Waals surface area contributed by atoms with E-state index in [4.69, 9.17) is 10.6 Å². The maximum Gasteiger partial charge on any atom is 0.0817 e. The minimum atomic E-state index is -0.302. The molecule has 6 heteroatoms. The van der Waals surface area contributed by atoms with Crippen molar-refractivity contribution in [1.82, 2.24) is 15.2 Å². The van der Waals surface area contributed by atoms with Gasteiger partial charge in [-0.05, 0) is 42.6 Å². The molecule has 0 spiro atoms. The number of hydrazine groups is 1. The summed E-state index contributed by atoms with van der Waals surface area (Å²) in [6.45, 7) is 9.25. The number of aromatic nitrogens is 2. The predicted molar refractivity (Wildman–Crippen MR) is 85.5 cm³/mol. The lowest BCUT2D eigenvalue weighted by Crippen LogP contribution is -2.54. The van der Waals surface area contributed by atoms with Crippen molar-refractivity contribution in [1.29, 1.82) is 0 Å². The number of nitrogens with one attached hydrogen (secondary N) is 1. The second-order valence-corrected chi connectivity index (χ2v) is 5.96. The van der Waals surface area contributed by atoms with Crippen LogP contribution in [0.15, 0.2) is 4.47 Å². The molecule has 116 valence electrons. The highest BCUT2D eigenvalue weighted by Crippen LogP contribution is 2.27. The molecule has 5 nitrogen and oxygen atoms in total. The number of hydrogen-bond donors (Lipinski definition) is 2. The van der Waals surface area contributed by atoms with Crippen LogP contribution >= 0.6 is 15.9 Å². The average molecular weight is 347 g/mol. The van der Waals surface area contributed by atoms with Gasteiger partial charge in [-0.25, -0.2) is 0 Å². The third-order valence-electron chi connectivity index (χ3n) is 4.20. The van der Waals surface area contributed by atoms with Crippen LogP contribution in [0.2, 0.25) is 0 Å². The Morgan fingerprint density at radius 3 is 2.50 bits per heavy atom. The molecular formula is C14H27BrN4O. The molecule has 0 aliphatic rings. The van der Waals surface area contributed by atoms with Crippen molar-refractivity contribution < 1.29 is 4.74 Å². The molecule has 2 atom stereocenters. The van der Waals surface area contributed by atoms with E-state index in [1.54, 1.807) is 7.11 Å². The molecule has 1 heterocycles. The molecule has 0 radical (unpaired) electrons. The van der Waals surface area contributed by atoms with Crippen molar-refractivity contribution in [3.05, 3.63) is 15.9 Å². The van der Waals surface area contributed by atoms with Crippen LogP contribution in [0, 0.1) is 0 Å². The number of ether oxygens (including phenoxy) is 1. The van der Waals surface area contributed by atoms with Gasteiger partial charge < -0.3 is 4.74 Å². The molecule has 0 amide bonds. The lowest BCUT2D eigenvalue weighted by molar-refractivity contribution is -0.0293. The van der Waals surface area contributed by atoms with Gasteiger partial charge in [0.2, 0.25) is 0 Å². The van der Waals surface area contributed by atoms with Crippen molar-refractivity contribution in [3.8, 4) is 0 Å². The monoisotopic (exact) mass is 346 g/mol. The lowest BCUT2D eigenvalue weighted by Gasteiger charge is -2.35. The topological polar surface area (TPSA) is 65.1 Å². The Bertz CT molecular complexity index is 429. The highest BCUT2D eigenvalue weighted by molar-refractivity contribution is 9.10. The Hall–Kier alpha value is -0.430. The molecule has 2 unspecified atom stereocenters. The van der Waals surface area contributed by atoms with Crippen LogP contribution in [0.4, 0.5) is 0 Å². The third-order valence-corrected chi connectivity index (χ3v) is 5.11. The fourth-order valence-electron chi connectivity index (χ4n) is 2.39. The molecule has 20 heavy (non-hydrogen) atoms. The van der Waals surface area contributed by atoms with Gasteiger partial charge in [-0.3, -0.25) is 16.0 Å². The molecular weight excluding hydrogens is 320 g/mol. The fraction of sp³-hybridized carbons (Fsp3) is 0.786. The molecule has 0 bridgehead atoms. The summed E-state index contributed by atoms with van der Waals surface area (Å²) < 4.78 is 8.81. The Kier molecular flexibility index (Phi) is 6.64. The molecule has 1 aromatic heterocycles. The number of methoxy groups -OCH3 is 1. The van der Waals surface area contributed by atoms with E-state index in [0.29, 0.717) is 0 Å². The largest absolute Gasteiger partial charge is 0.377 e. The first-order chi connectivity index (χ1) is 9.47. The van der Waals surface area contributed by atoms with Gasteiger partial charge in [0.05, 0.1) is 27.5 Å². The van der Waals surface area contributed by atoms with E-state index in [1.807, 2.05) is 4.68 Å². The smallest absolute Gasteiger partial charge is 0.0817 e. The normalized spacial score (nSPS) is 16.1. The van der Waals surface area contributed by atoms with Gasteiger partial charge in [0.15, 0.2) is 0 Å². The summed E-state index contributed by atoms with van der Waals surface area (Å²) >= 11 is 3.68. The van der Waals surface area contributed by atoms with Gasteiger partial charge in [0.25, 0.3) is 0 Å². The first-order valence-corrected chi connectivity index (χ1v) is 8.01. The maximum absolute atomic E-state index is 5.76. The Morgan fingerprint density at radius 1 is 1.45 bits per heavy atom. The molecule has 0 fully saturated rings. The van der Waals surface area contributed by atoms with Crippen molar-refractivity contribution in [3.63, 3.8) is 0 Å². The van der Waals surface area contributed by atoms with Gasteiger partial charge in [-0.2, -0.15) is 5.10 Å². The third kappa shape index (κ3) is 3.42. The quantitative estimate of drug-likeness (QED) is 0.560. The highest BCUT2D eigenvalue weighted by atomic mass is 79.9. The molecule has 0 aromatic carbocycles. The molecule has 3 N–H and O–H groups in total. The van der Waals surface area contributed by atoms with Crippen LogP contribution < -0.4 is 11.3 Å². The number of aryl methyl sites for hydroxylation is 2. The lowest BCUT2D eigenvalue weighted by atomic mass is 9.90. The SMILES string of the molecule is CCc1nn(CC)c(CC(NN)C(C)(CC)OC)c1Br. The molecule has 0 aliphatic heterocycles. The highest BCUT2D eigenvalue weighted by Gasteiger charge is 2.33. The Morgan fingerprint density at radius 2 is 2.10 bits per heavy atom. The van der Waals surface area contributed by atoms with Gasteiger partial charge in [-0.15, -0.1) is 0 Å². The van der Waals surface area contributed by atoms with Crippen LogP contribution in [-0.2, 0) is 24.1 Å². The first-order valence-electron chi connectivity index (χ1n) is 7.22. The Labute approximate surface area is 130 Å². The van der Waals surface area contributed by atoms with Crippen LogP contribution in [0.1, 0.15) is 45.5 Å². The first kappa shape index (κ1) is 17.6. The second-order valence-electron chi connectivity index (χ2n) is 5.17. The molecule has 1 rings (SSSR count). The summed E-state index contributed by atoms with van der Waals surface area (Å²) in [5.74, 6) is 5.76. The summed E-state index contributed by atoms with van der Waals surface area (Å²) in [6.07, 6.45) is 2.57. The molecule has 0 saturated carbocycles. The van der Waals surface area contributed by atoms with Crippen molar-refractivity contribution in [2.45, 2.75) is 65.1 Å². The summed E-state index contributed by atoms with van der Waals surface area (Å²) in [4.78, 5) is 0. The minimum absolute atomic E-state index is 0.0282. The average Bonchev–Trinajstić information content (AvgIpc) is 2.79. The van der Waals surface area contributed by atoms with Gasteiger partial charge in [0.1, 0.15) is 0 Å². The number of rotatable bonds is 8. The fourth-order valence-corrected chi connectivity index (χ4v) is 3.12. The van der Waals surface area contributed by atoms with Crippen LogP contribution in [0.3, 0.4) is 0 Å². The van der Waals surface area contributed by atoms with Gasteiger partial charge in [-0.1, -0.05) is 13.8 Å². The molecule has 1 aromatic rings. The van der Waals surface area contributed by atoms with Crippen LogP contribution in [0.5, 0.6) is 0 Å². The second kappa shape index (κ2) is 7.54. The van der Waals surface area contributed by atoms with Crippen molar-refractivity contribution in [2.24, 2.45) is 5.84 Å². The molecule has 0 saturated heterocycles. The van der Waals surface area contributed by atoms with E-state index >= 15 is 0 Å². The maximum atomic E-state index is 5.76. The van der Waals surface area contributed by atoms with E-state index in [2.05, 4.69) is 54.1 Å². The van der Waals surface area contributed by atoms with E-state index in [9.17, 15) is 0 Å². The zero-order valence-electron chi connectivity index (χ0n) is 13.2. The minimum Gasteiger partial charge on any atom is -0.377 e. The number of nitrogens with zero attached hydrogens (tertiary/aromatic N) is 2. The van der Waals surface area contributed by atoms with E-state index in [0.717, 1.165) is 36.0 Å². The van der Waals surface area contributed by atoms with E-state index in [1.165, 1.54) is 5.69 Å². The summed E-state index contributed by atoms with van der Waals surface area (Å²) in [7, 11) is 1.73. The molecule has 0 aliphatic carbocycles. The summed E-state index contributed by atoms with van der Waals surface area (Å²) in [5, 5.41) is 4.63. The predicted octanol–water partition coefficient (Wildman–Crippen LogP) is 2.42. The van der Waals surface area contributed by atoms with Gasteiger partial charge in [0, 0.05) is 20.1 Å². The Balaban J connectivity index is 3.09. The van der Waals surface area contributed by atoms with Crippen LogP contribution in [0.25, 0.3) is 0 Å². The standard InChI is InChI=1S/C14H27BrN4O/c1-6-10-13(15)11(19(8-3)18-10)9-12(17-16)14(4,7-2)20-5/h12,17H,6-9,16H2,1-5H3. The zero-order chi connectivity index (χ0) is 15.3. The van der Waals surface area contributed by atoms with E-state index < -0.39 is 0 Å².